The standard InChI is InChI=1S/C13H10BrClO5/c14-8-5-9(15)12(7-1-2-20-13(7)8)6(3-10(16)17)4-11(18)19/h1-2,5-6H,3-4H2,(H,16,17)(H,18,19). The van der Waals surface area contributed by atoms with Crippen molar-refractivity contribution in [2.24, 2.45) is 0 Å². The molecule has 2 N–H and O–H groups in total. The zero-order chi connectivity index (χ0) is 14.9. The van der Waals surface area contributed by atoms with Crippen molar-refractivity contribution in [1.29, 1.82) is 0 Å². The maximum Gasteiger partial charge on any atom is 0.303 e. The highest BCUT2D eigenvalue weighted by Crippen LogP contribution is 2.40. The van der Waals surface area contributed by atoms with Gasteiger partial charge in [-0.15, -0.1) is 0 Å². The van der Waals surface area contributed by atoms with Gasteiger partial charge in [0.2, 0.25) is 0 Å². The number of fused-ring (bicyclic) bond motifs is 1. The molecular formula is C13H10BrClO5. The summed E-state index contributed by atoms with van der Waals surface area (Å²) >= 11 is 9.47. The van der Waals surface area contributed by atoms with E-state index >= 15 is 0 Å². The molecule has 0 saturated carbocycles. The Morgan fingerprint density at radius 3 is 2.45 bits per heavy atom. The summed E-state index contributed by atoms with van der Waals surface area (Å²) in [5, 5.41) is 18.9. The van der Waals surface area contributed by atoms with Gasteiger partial charge in [-0.2, -0.15) is 0 Å². The van der Waals surface area contributed by atoms with E-state index in [1.165, 1.54) is 6.26 Å². The molecule has 2 aromatic rings. The van der Waals surface area contributed by atoms with E-state index in [9.17, 15) is 9.59 Å². The molecule has 1 aromatic heterocycles. The van der Waals surface area contributed by atoms with Crippen molar-refractivity contribution < 1.29 is 24.2 Å². The molecule has 1 heterocycles. The van der Waals surface area contributed by atoms with Gasteiger partial charge in [0.25, 0.3) is 0 Å². The molecule has 0 atom stereocenters. The molecule has 2 rings (SSSR count). The number of benzene rings is 1. The third-order valence-electron chi connectivity index (χ3n) is 2.93. The maximum atomic E-state index is 10.9. The van der Waals surface area contributed by atoms with E-state index in [2.05, 4.69) is 15.9 Å². The first-order valence-corrected chi connectivity index (χ1v) is 6.86. The Kier molecular flexibility index (Phi) is 4.35. The lowest BCUT2D eigenvalue weighted by Gasteiger charge is -2.16. The van der Waals surface area contributed by atoms with Crippen molar-refractivity contribution >= 4 is 50.4 Å². The second-order valence-corrected chi connectivity index (χ2v) is 5.57. The summed E-state index contributed by atoms with van der Waals surface area (Å²) in [6, 6.07) is 3.23. The van der Waals surface area contributed by atoms with Crippen molar-refractivity contribution in [2.45, 2.75) is 18.8 Å². The highest BCUT2D eigenvalue weighted by atomic mass is 79.9. The van der Waals surface area contributed by atoms with Crippen LogP contribution in [0.3, 0.4) is 0 Å². The van der Waals surface area contributed by atoms with Gasteiger partial charge in [-0.1, -0.05) is 11.6 Å². The minimum absolute atomic E-state index is 0.312. The van der Waals surface area contributed by atoms with Gasteiger partial charge in [-0.05, 0) is 33.6 Å². The van der Waals surface area contributed by atoms with Crippen LogP contribution in [0.1, 0.15) is 24.3 Å². The summed E-state index contributed by atoms with van der Waals surface area (Å²) in [5.74, 6) is -2.87. The molecule has 20 heavy (non-hydrogen) atoms. The van der Waals surface area contributed by atoms with Crippen molar-refractivity contribution in [3.8, 4) is 0 Å². The number of halogens is 2. The van der Waals surface area contributed by atoms with Gasteiger partial charge in [0.05, 0.1) is 23.6 Å². The van der Waals surface area contributed by atoms with E-state index in [1.807, 2.05) is 0 Å². The minimum Gasteiger partial charge on any atom is -0.481 e. The number of aliphatic carboxylic acids is 2. The first-order chi connectivity index (χ1) is 9.40. The van der Waals surface area contributed by atoms with Gasteiger partial charge in [-0.25, -0.2) is 0 Å². The van der Waals surface area contributed by atoms with Crippen LogP contribution < -0.4 is 0 Å². The summed E-state index contributed by atoms with van der Waals surface area (Å²) < 4.78 is 5.94. The van der Waals surface area contributed by atoms with Crippen LogP contribution in [-0.4, -0.2) is 22.2 Å². The predicted molar refractivity (Wildman–Crippen MR) is 76.2 cm³/mol. The number of rotatable bonds is 5. The van der Waals surface area contributed by atoms with Gasteiger partial charge in [-0.3, -0.25) is 9.59 Å². The Morgan fingerprint density at radius 1 is 1.30 bits per heavy atom. The molecule has 0 amide bonds. The van der Waals surface area contributed by atoms with E-state index in [0.29, 0.717) is 26.0 Å². The smallest absolute Gasteiger partial charge is 0.303 e. The summed E-state index contributed by atoms with van der Waals surface area (Å²) in [7, 11) is 0. The molecule has 0 unspecified atom stereocenters. The van der Waals surface area contributed by atoms with E-state index in [-0.39, 0.29) is 12.8 Å². The van der Waals surface area contributed by atoms with Crippen LogP contribution in [0.5, 0.6) is 0 Å². The fourth-order valence-corrected chi connectivity index (χ4v) is 3.24. The molecular weight excluding hydrogens is 351 g/mol. The molecule has 0 aliphatic carbocycles. The summed E-state index contributed by atoms with van der Waals surface area (Å²) in [4.78, 5) is 21.9. The van der Waals surface area contributed by atoms with Gasteiger partial charge in [0.1, 0.15) is 5.58 Å². The molecule has 7 heteroatoms. The molecule has 0 spiro atoms. The Morgan fingerprint density at radius 2 is 1.90 bits per heavy atom. The molecule has 0 aliphatic rings. The topological polar surface area (TPSA) is 87.7 Å². The van der Waals surface area contributed by atoms with Crippen LogP contribution in [0.4, 0.5) is 0 Å². The van der Waals surface area contributed by atoms with Crippen molar-refractivity contribution in [3.63, 3.8) is 0 Å². The van der Waals surface area contributed by atoms with Crippen LogP contribution in [0.15, 0.2) is 27.3 Å². The maximum absolute atomic E-state index is 10.9. The Balaban J connectivity index is 2.59. The number of hydrogen-bond acceptors (Lipinski definition) is 3. The second-order valence-electron chi connectivity index (χ2n) is 4.31. The van der Waals surface area contributed by atoms with E-state index in [4.69, 9.17) is 26.2 Å². The first kappa shape index (κ1) is 14.9. The number of hydrogen-bond donors (Lipinski definition) is 2. The highest BCUT2D eigenvalue weighted by Gasteiger charge is 2.25. The molecule has 0 saturated heterocycles. The van der Waals surface area contributed by atoms with Crippen LogP contribution in [0, 0.1) is 0 Å². The number of carboxylic acids is 2. The summed E-state index contributed by atoms with van der Waals surface area (Å²) in [6.07, 6.45) is 0.829. The number of furan rings is 1. The number of carbonyl (C=O) groups is 2. The third-order valence-corrected chi connectivity index (χ3v) is 3.84. The van der Waals surface area contributed by atoms with Gasteiger partial charge in [0, 0.05) is 16.3 Å². The molecule has 0 aliphatic heterocycles. The molecule has 0 radical (unpaired) electrons. The number of carboxylic acid groups (broad SMARTS) is 2. The molecule has 1 aromatic carbocycles. The van der Waals surface area contributed by atoms with Crippen LogP contribution >= 0.6 is 27.5 Å². The van der Waals surface area contributed by atoms with Gasteiger partial charge >= 0.3 is 11.9 Å². The lowest BCUT2D eigenvalue weighted by molar-refractivity contribution is -0.139. The SMILES string of the molecule is O=C(O)CC(CC(=O)O)c1c(Cl)cc(Br)c2occc12. The average Bonchev–Trinajstić information content (AvgIpc) is 2.76. The Bertz CT molecular complexity index is 663. The van der Waals surface area contributed by atoms with Crippen LogP contribution in [-0.2, 0) is 9.59 Å². The fourth-order valence-electron chi connectivity index (χ4n) is 2.20. The normalized spacial score (nSPS) is 11.2. The molecule has 5 nitrogen and oxygen atoms in total. The zero-order valence-electron chi connectivity index (χ0n) is 10.1. The van der Waals surface area contributed by atoms with Crippen molar-refractivity contribution in [2.75, 3.05) is 0 Å². The average molecular weight is 362 g/mol. The molecule has 0 fully saturated rings. The van der Waals surface area contributed by atoms with Gasteiger partial charge < -0.3 is 14.6 Å². The largest absolute Gasteiger partial charge is 0.481 e. The lowest BCUT2D eigenvalue weighted by Crippen LogP contribution is -2.12. The zero-order valence-corrected chi connectivity index (χ0v) is 12.4. The fraction of sp³-hybridized carbons (Fsp3) is 0.231. The second kappa shape index (κ2) is 5.85. The summed E-state index contributed by atoms with van der Waals surface area (Å²) in [5.41, 5.74) is 1.01. The Hall–Kier alpha value is -1.53. The van der Waals surface area contributed by atoms with Gasteiger partial charge in [0.15, 0.2) is 0 Å². The minimum atomic E-state index is -1.08. The molecule has 0 bridgehead atoms. The van der Waals surface area contributed by atoms with Crippen molar-refractivity contribution in [1.82, 2.24) is 0 Å². The van der Waals surface area contributed by atoms with E-state index in [0.717, 1.165) is 0 Å². The third kappa shape index (κ3) is 2.96. The monoisotopic (exact) mass is 360 g/mol. The lowest BCUT2D eigenvalue weighted by atomic mass is 9.90. The van der Waals surface area contributed by atoms with E-state index < -0.39 is 17.9 Å². The van der Waals surface area contributed by atoms with Crippen molar-refractivity contribution in [3.05, 3.63) is 33.5 Å². The quantitative estimate of drug-likeness (QED) is 0.843. The predicted octanol–water partition coefficient (Wildman–Crippen LogP) is 3.88. The Labute approximate surface area is 127 Å². The summed E-state index contributed by atoms with van der Waals surface area (Å²) in [6.45, 7) is 0. The van der Waals surface area contributed by atoms with Crippen LogP contribution in [0.25, 0.3) is 11.0 Å². The first-order valence-electron chi connectivity index (χ1n) is 5.68. The highest BCUT2D eigenvalue weighted by molar-refractivity contribution is 9.10. The van der Waals surface area contributed by atoms with E-state index in [1.54, 1.807) is 12.1 Å². The van der Waals surface area contributed by atoms with Crippen LogP contribution in [0.2, 0.25) is 5.02 Å². The molecule has 106 valence electrons.